The van der Waals surface area contributed by atoms with Crippen LogP contribution in [0.1, 0.15) is 24.3 Å². The first-order valence-electron chi connectivity index (χ1n) is 7.65. The molecule has 5 nitrogen and oxygen atoms in total. The minimum Gasteiger partial charge on any atom is -0.379 e. The van der Waals surface area contributed by atoms with Gasteiger partial charge in [0.15, 0.2) is 0 Å². The average Bonchev–Trinajstić information content (AvgIpc) is 3.24. The van der Waals surface area contributed by atoms with Crippen molar-refractivity contribution in [1.82, 2.24) is 15.2 Å². The molecule has 2 aromatic rings. The monoisotopic (exact) mass is 351 g/mol. The molecule has 0 atom stereocenters. The predicted molar refractivity (Wildman–Crippen MR) is 94.2 cm³/mol. The van der Waals surface area contributed by atoms with Crippen LogP contribution in [0.5, 0.6) is 0 Å². The van der Waals surface area contributed by atoms with Crippen molar-refractivity contribution >= 4 is 28.6 Å². The molecule has 124 valence electrons. The van der Waals surface area contributed by atoms with Gasteiger partial charge < -0.3 is 10.1 Å². The summed E-state index contributed by atoms with van der Waals surface area (Å²) in [6.45, 7) is 8.22. The van der Waals surface area contributed by atoms with E-state index in [1.165, 1.54) is 11.3 Å². The minimum absolute atomic E-state index is 0.0916. The number of thiazole rings is 1. The van der Waals surface area contributed by atoms with Crippen molar-refractivity contribution in [2.24, 2.45) is 0 Å². The Kier molecular flexibility index (Phi) is 5.11. The van der Waals surface area contributed by atoms with E-state index in [1.807, 2.05) is 22.2 Å². The first-order valence-corrected chi connectivity index (χ1v) is 9.47. The van der Waals surface area contributed by atoms with Gasteiger partial charge in [-0.1, -0.05) is 0 Å². The summed E-state index contributed by atoms with van der Waals surface area (Å²) in [4.78, 5) is 19.2. The maximum Gasteiger partial charge on any atom is 0.270 e. The van der Waals surface area contributed by atoms with Gasteiger partial charge in [-0.2, -0.15) is 11.3 Å². The van der Waals surface area contributed by atoms with Crippen molar-refractivity contribution in [1.29, 1.82) is 0 Å². The zero-order valence-electron chi connectivity index (χ0n) is 13.4. The Morgan fingerprint density at radius 3 is 2.87 bits per heavy atom. The van der Waals surface area contributed by atoms with Crippen LogP contribution >= 0.6 is 22.7 Å². The van der Waals surface area contributed by atoms with E-state index in [1.54, 1.807) is 11.3 Å². The molecule has 7 heteroatoms. The first kappa shape index (κ1) is 16.6. The van der Waals surface area contributed by atoms with E-state index in [4.69, 9.17) is 4.74 Å². The second-order valence-electron chi connectivity index (χ2n) is 6.14. The van der Waals surface area contributed by atoms with E-state index in [-0.39, 0.29) is 11.4 Å². The van der Waals surface area contributed by atoms with Gasteiger partial charge in [-0.05, 0) is 25.3 Å². The zero-order valence-corrected chi connectivity index (χ0v) is 15.0. The molecule has 2 aromatic heterocycles. The first-order chi connectivity index (χ1) is 11.1. The molecular weight excluding hydrogens is 330 g/mol. The van der Waals surface area contributed by atoms with Crippen molar-refractivity contribution in [3.8, 4) is 10.6 Å². The Bertz CT molecular complexity index is 646. The third-order valence-electron chi connectivity index (χ3n) is 4.05. The van der Waals surface area contributed by atoms with Gasteiger partial charge >= 0.3 is 0 Å². The number of hydrogen-bond donors (Lipinski definition) is 1. The summed E-state index contributed by atoms with van der Waals surface area (Å²) >= 11 is 3.14. The Balaban J connectivity index is 1.58. The van der Waals surface area contributed by atoms with E-state index >= 15 is 0 Å². The number of nitrogens with one attached hydrogen (secondary N) is 1. The Hall–Kier alpha value is -1.28. The van der Waals surface area contributed by atoms with Crippen LogP contribution in [0.25, 0.3) is 10.6 Å². The molecule has 0 saturated carbocycles. The average molecular weight is 351 g/mol. The fraction of sp³-hybridized carbons (Fsp3) is 0.500. The molecule has 1 aliphatic heterocycles. The van der Waals surface area contributed by atoms with Crippen LogP contribution < -0.4 is 5.32 Å². The molecule has 1 fully saturated rings. The number of aromatic nitrogens is 1. The maximum absolute atomic E-state index is 12.3. The number of ether oxygens (including phenoxy) is 1. The largest absolute Gasteiger partial charge is 0.379 e. The third kappa shape index (κ3) is 3.98. The van der Waals surface area contributed by atoms with Crippen LogP contribution in [0.15, 0.2) is 22.2 Å². The van der Waals surface area contributed by atoms with Crippen LogP contribution in [0.3, 0.4) is 0 Å². The van der Waals surface area contributed by atoms with Crippen molar-refractivity contribution in [3.63, 3.8) is 0 Å². The number of morpholine rings is 1. The summed E-state index contributed by atoms with van der Waals surface area (Å²) in [6, 6.07) is 2.02. The highest BCUT2D eigenvalue weighted by Crippen LogP contribution is 2.25. The molecule has 0 bridgehead atoms. The summed E-state index contributed by atoms with van der Waals surface area (Å²) in [5, 5.41) is 9.80. The quantitative estimate of drug-likeness (QED) is 0.900. The van der Waals surface area contributed by atoms with E-state index in [0.717, 1.165) is 36.9 Å². The summed E-state index contributed by atoms with van der Waals surface area (Å²) in [5.74, 6) is -0.107. The summed E-state index contributed by atoms with van der Waals surface area (Å²) in [6.07, 6.45) is 0. The van der Waals surface area contributed by atoms with E-state index < -0.39 is 0 Å². The van der Waals surface area contributed by atoms with Crippen molar-refractivity contribution in [3.05, 3.63) is 27.9 Å². The highest BCUT2D eigenvalue weighted by molar-refractivity contribution is 7.14. The number of rotatable bonds is 5. The van der Waals surface area contributed by atoms with Gasteiger partial charge in [0.1, 0.15) is 10.7 Å². The topological polar surface area (TPSA) is 54.5 Å². The normalized spacial score (nSPS) is 16.4. The second kappa shape index (κ2) is 7.09. The van der Waals surface area contributed by atoms with Gasteiger partial charge in [-0.25, -0.2) is 4.98 Å². The lowest BCUT2D eigenvalue weighted by Crippen LogP contribution is -2.55. The van der Waals surface area contributed by atoms with Crippen molar-refractivity contribution < 1.29 is 9.53 Å². The lowest BCUT2D eigenvalue weighted by Gasteiger charge is -2.40. The molecule has 3 rings (SSSR count). The van der Waals surface area contributed by atoms with E-state index in [0.29, 0.717) is 12.2 Å². The number of amides is 1. The number of carbonyl (C=O) groups is 1. The van der Waals surface area contributed by atoms with Crippen LogP contribution in [0, 0.1) is 0 Å². The smallest absolute Gasteiger partial charge is 0.270 e. The SMILES string of the molecule is CC(C)(CNC(=O)c1csc(-c2ccsc2)n1)N1CCOCC1. The Morgan fingerprint density at radius 2 is 2.17 bits per heavy atom. The highest BCUT2D eigenvalue weighted by Gasteiger charge is 2.29. The fourth-order valence-electron chi connectivity index (χ4n) is 2.56. The predicted octanol–water partition coefficient (Wildman–Crippen LogP) is 2.71. The molecule has 0 aliphatic carbocycles. The molecule has 3 heterocycles. The molecule has 0 unspecified atom stereocenters. The summed E-state index contributed by atoms with van der Waals surface area (Å²) < 4.78 is 5.39. The molecule has 0 aromatic carbocycles. The Morgan fingerprint density at radius 1 is 1.39 bits per heavy atom. The van der Waals surface area contributed by atoms with Crippen LogP contribution in [0.2, 0.25) is 0 Å². The van der Waals surface area contributed by atoms with E-state index in [9.17, 15) is 4.79 Å². The lowest BCUT2D eigenvalue weighted by molar-refractivity contribution is -0.00924. The molecular formula is C16H21N3O2S2. The van der Waals surface area contributed by atoms with Crippen molar-refractivity contribution in [2.75, 3.05) is 32.8 Å². The van der Waals surface area contributed by atoms with Crippen LogP contribution in [-0.4, -0.2) is 54.2 Å². The van der Waals surface area contributed by atoms with Gasteiger partial charge in [-0.15, -0.1) is 11.3 Å². The molecule has 0 spiro atoms. The van der Waals surface area contributed by atoms with E-state index in [2.05, 4.69) is 29.0 Å². The zero-order chi connectivity index (χ0) is 16.3. The second-order valence-corrected chi connectivity index (χ2v) is 7.78. The fourth-order valence-corrected chi connectivity index (χ4v) is 4.08. The number of hydrogen-bond acceptors (Lipinski definition) is 6. The molecule has 0 radical (unpaired) electrons. The number of nitrogens with zero attached hydrogens (tertiary/aromatic N) is 2. The molecule has 23 heavy (non-hydrogen) atoms. The van der Waals surface area contributed by atoms with Gasteiger partial charge in [0, 0.05) is 41.5 Å². The maximum atomic E-state index is 12.3. The van der Waals surface area contributed by atoms with Gasteiger partial charge in [0.25, 0.3) is 5.91 Å². The van der Waals surface area contributed by atoms with Gasteiger partial charge in [0.05, 0.1) is 13.2 Å². The number of carbonyl (C=O) groups excluding carboxylic acids is 1. The molecule has 1 saturated heterocycles. The molecule has 1 N–H and O–H groups in total. The highest BCUT2D eigenvalue weighted by atomic mass is 32.1. The van der Waals surface area contributed by atoms with Crippen LogP contribution in [0.4, 0.5) is 0 Å². The lowest BCUT2D eigenvalue weighted by atomic mass is 10.0. The van der Waals surface area contributed by atoms with Crippen molar-refractivity contribution in [2.45, 2.75) is 19.4 Å². The van der Waals surface area contributed by atoms with Gasteiger partial charge in [0.2, 0.25) is 0 Å². The summed E-state index contributed by atoms with van der Waals surface area (Å²) in [5.41, 5.74) is 1.48. The molecule has 1 amide bonds. The Labute approximate surface area is 144 Å². The third-order valence-corrected chi connectivity index (χ3v) is 5.63. The number of thiophene rings is 1. The minimum atomic E-state index is -0.107. The van der Waals surface area contributed by atoms with Crippen LogP contribution in [-0.2, 0) is 4.74 Å². The van der Waals surface area contributed by atoms with Gasteiger partial charge in [-0.3, -0.25) is 9.69 Å². The molecule has 1 aliphatic rings. The standard InChI is InChI=1S/C16H21N3O2S2/c1-16(2,19-4-6-21-7-5-19)11-17-14(20)13-10-23-15(18-13)12-3-8-22-9-12/h3,8-10H,4-7,11H2,1-2H3,(H,17,20). The summed E-state index contributed by atoms with van der Waals surface area (Å²) in [7, 11) is 0.